The highest BCUT2D eigenvalue weighted by Crippen LogP contribution is 2.37. The van der Waals surface area contributed by atoms with Crippen LogP contribution in [0.5, 0.6) is 0 Å². The maximum absolute atomic E-state index is 11.4. The first-order valence-electron chi connectivity index (χ1n) is 6.24. The zero-order valence-electron chi connectivity index (χ0n) is 10.6. The van der Waals surface area contributed by atoms with Crippen molar-refractivity contribution in [1.82, 2.24) is 5.32 Å². The molecule has 1 saturated carbocycles. The molecular formula is C12H23NO3S. The molecule has 17 heavy (non-hydrogen) atoms. The topological polar surface area (TPSA) is 69.6 Å². The van der Waals surface area contributed by atoms with Crippen molar-refractivity contribution in [1.29, 1.82) is 0 Å². The van der Waals surface area contributed by atoms with E-state index in [0.29, 0.717) is 18.1 Å². The first-order chi connectivity index (χ1) is 8.00. The Bertz CT molecular complexity index is 260. The normalized spacial score (nSPS) is 28.8. The Morgan fingerprint density at radius 1 is 1.59 bits per heavy atom. The number of hydrogen-bond donors (Lipinski definition) is 3. The average molecular weight is 261 g/mol. The van der Waals surface area contributed by atoms with E-state index in [4.69, 9.17) is 5.11 Å². The molecule has 2 atom stereocenters. The number of carbonyl (C=O) groups is 1. The Kier molecular flexibility index (Phi) is 5.76. The SMILES string of the molecule is CC(C)NC1(C(=O)O)CCC(SCCCO)C1. The highest BCUT2D eigenvalue weighted by Gasteiger charge is 2.45. The van der Waals surface area contributed by atoms with Crippen LogP contribution >= 0.6 is 11.8 Å². The number of nitrogens with one attached hydrogen (secondary N) is 1. The molecule has 4 nitrogen and oxygen atoms in total. The van der Waals surface area contributed by atoms with E-state index in [9.17, 15) is 9.90 Å². The highest BCUT2D eigenvalue weighted by molar-refractivity contribution is 7.99. The standard InChI is InChI=1S/C12H23NO3S/c1-9(2)13-12(11(15)16)5-4-10(8-12)17-7-3-6-14/h9-10,13-14H,3-8H2,1-2H3,(H,15,16). The molecule has 0 aromatic rings. The minimum Gasteiger partial charge on any atom is -0.480 e. The van der Waals surface area contributed by atoms with Crippen LogP contribution in [-0.2, 0) is 4.79 Å². The number of thioether (sulfide) groups is 1. The van der Waals surface area contributed by atoms with Gasteiger partial charge in [-0.05, 0) is 45.3 Å². The van der Waals surface area contributed by atoms with Crippen molar-refractivity contribution < 1.29 is 15.0 Å². The Balaban J connectivity index is 2.50. The maximum atomic E-state index is 11.4. The van der Waals surface area contributed by atoms with Crippen LogP contribution in [-0.4, -0.2) is 45.4 Å². The van der Waals surface area contributed by atoms with Crippen LogP contribution in [0.4, 0.5) is 0 Å². The van der Waals surface area contributed by atoms with E-state index in [-0.39, 0.29) is 12.6 Å². The van der Waals surface area contributed by atoms with Crippen molar-refractivity contribution >= 4 is 17.7 Å². The van der Waals surface area contributed by atoms with Gasteiger partial charge in [-0.3, -0.25) is 10.1 Å². The second-order valence-corrected chi connectivity index (χ2v) is 6.41. The summed E-state index contributed by atoms with van der Waals surface area (Å²) >= 11 is 1.79. The number of carboxylic acids is 1. The Morgan fingerprint density at radius 2 is 2.29 bits per heavy atom. The van der Waals surface area contributed by atoms with Gasteiger partial charge in [0.05, 0.1) is 0 Å². The third kappa shape index (κ3) is 4.16. The molecule has 0 spiro atoms. The van der Waals surface area contributed by atoms with Crippen LogP contribution in [0.2, 0.25) is 0 Å². The van der Waals surface area contributed by atoms with Crippen molar-refractivity contribution in [3.05, 3.63) is 0 Å². The Hall–Kier alpha value is -0.260. The molecule has 1 rings (SSSR count). The van der Waals surface area contributed by atoms with Gasteiger partial charge in [-0.25, -0.2) is 0 Å². The lowest BCUT2D eigenvalue weighted by Crippen LogP contribution is -2.53. The fourth-order valence-electron chi connectivity index (χ4n) is 2.40. The predicted molar refractivity (Wildman–Crippen MR) is 70.4 cm³/mol. The predicted octanol–water partition coefficient (Wildman–Crippen LogP) is 1.48. The van der Waals surface area contributed by atoms with Gasteiger partial charge in [-0.2, -0.15) is 11.8 Å². The molecule has 1 fully saturated rings. The summed E-state index contributed by atoms with van der Waals surface area (Å²) in [5, 5.41) is 21.7. The van der Waals surface area contributed by atoms with Gasteiger partial charge in [0.2, 0.25) is 0 Å². The average Bonchev–Trinajstić information content (AvgIpc) is 2.62. The molecule has 1 aliphatic rings. The van der Waals surface area contributed by atoms with Crippen molar-refractivity contribution in [2.45, 2.75) is 56.4 Å². The van der Waals surface area contributed by atoms with Crippen LogP contribution in [0, 0.1) is 0 Å². The van der Waals surface area contributed by atoms with Gasteiger partial charge in [0.1, 0.15) is 5.54 Å². The van der Waals surface area contributed by atoms with Crippen molar-refractivity contribution in [3.8, 4) is 0 Å². The molecule has 0 aliphatic heterocycles. The third-order valence-electron chi connectivity index (χ3n) is 3.10. The maximum Gasteiger partial charge on any atom is 0.323 e. The molecule has 0 radical (unpaired) electrons. The summed E-state index contributed by atoms with van der Waals surface area (Å²) in [5.74, 6) is 0.190. The quantitative estimate of drug-likeness (QED) is 0.606. The summed E-state index contributed by atoms with van der Waals surface area (Å²) in [6.45, 7) is 4.18. The number of aliphatic carboxylic acids is 1. The minimum absolute atomic E-state index is 0.187. The van der Waals surface area contributed by atoms with Crippen LogP contribution in [0.1, 0.15) is 39.5 Å². The molecule has 0 amide bonds. The van der Waals surface area contributed by atoms with Crippen LogP contribution in [0.3, 0.4) is 0 Å². The smallest absolute Gasteiger partial charge is 0.323 e. The van der Waals surface area contributed by atoms with Gasteiger partial charge in [0.15, 0.2) is 0 Å². The van der Waals surface area contributed by atoms with E-state index >= 15 is 0 Å². The lowest BCUT2D eigenvalue weighted by Gasteiger charge is -2.28. The summed E-state index contributed by atoms with van der Waals surface area (Å²) in [4.78, 5) is 11.4. The van der Waals surface area contributed by atoms with Crippen LogP contribution in [0.25, 0.3) is 0 Å². The second-order valence-electron chi connectivity index (χ2n) is 5.00. The summed E-state index contributed by atoms with van der Waals surface area (Å²) < 4.78 is 0. The van der Waals surface area contributed by atoms with E-state index in [1.807, 2.05) is 13.8 Å². The lowest BCUT2D eigenvalue weighted by atomic mass is 9.97. The molecule has 0 aromatic heterocycles. The molecule has 1 aliphatic carbocycles. The zero-order chi connectivity index (χ0) is 12.9. The Morgan fingerprint density at radius 3 is 2.82 bits per heavy atom. The van der Waals surface area contributed by atoms with E-state index in [0.717, 1.165) is 18.6 Å². The number of carboxylic acid groups (broad SMARTS) is 1. The van der Waals surface area contributed by atoms with Gasteiger partial charge in [-0.15, -0.1) is 0 Å². The molecule has 5 heteroatoms. The number of rotatable bonds is 7. The largest absolute Gasteiger partial charge is 0.480 e. The zero-order valence-corrected chi connectivity index (χ0v) is 11.4. The van der Waals surface area contributed by atoms with E-state index in [1.165, 1.54) is 0 Å². The number of aliphatic hydroxyl groups is 1. The molecule has 0 aromatic carbocycles. The molecule has 0 bridgehead atoms. The van der Waals surface area contributed by atoms with Gasteiger partial charge in [-0.1, -0.05) is 0 Å². The van der Waals surface area contributed by atoms with Crippen molar-refractivity contribution in [2.75, 3.05) is 12.4 Å². The summed E-state index contributed by atoms with van der Waals surface area (Å²) in [6, 6.07) is 0.187. The van der Waals surface area contributed by atoms with Crippen molar-refractivity contribution in [3.63, 3.8) is 0 Å². The van der Waals surface area contributed by atoms with Gasteiger partial charge >= 0.3 is 5.97 Å². The number of hydrogen-bond acceptors (Lipinski definition) is 4. The number of aliphatic hydroxyl groups excluding tert-OH is 1. The first kappa shape index (κ1) is 14.8. The molecular weight excluding hydrogens is 238 g/mol. The molecule has 100 valence electrons. The van der Waals surface area contributed by atoms with E-state index < -0.39 is 11.5 Å². The first-order valence-corrected chi connectivity index (χ1v) is 7.28. The Labute approximate surface area is 107 Å². The van der Waals surface area contributed by atoms with Gasteiger partial charge in [0, 0.05) is 17.9 Å². The van der Waals surface area contributed by atoms with Crippen LogP contribution < -0.4 is 5.32 Å². The lowest BCUT2D eigenvalue weighted by molar-refractivity contribution is -0.145. The fourth-order valence-corrected chi connectivity index (χ4v) is 3.71. The van der Waals surface area contributed by atoms with E-state index in [1.54, 1.807) is 11.8 Å². The summed E-state index contributed by atoms with van der Waals surface area (Å²) in [5.41, 5.74) is -0.731. The minimum atomic E-state index is -0.731. The summed E-state index contributed by atoms with van der Waals surface area (Å²) in [7, 11) is 0. The van der Waals surface area contributed by atoms with Gasteiger partial charge < -0.3 is 10.2 Å². The molecule has 3 N–H and O–H groups in total. The highest BCUT2D eigenvalue weighted by atomic mass is 32.2. The molecule has 2 unspecified atom stereocenters. The molecule has 0 saturated heterocycles. The van der Waals surface area contributed by atoms with E-state index in [2.05, 4.69) is 5.32 Å². The second kappa shape index (κ2) is 6.61. The monoisotopic (exact) mass is 261 g/mol. The molecule has 0 heterocycles. The van der Waals surface area contributed by atoms with Crippen molar-refractivity contribution in [2.24, 2.45) is 0 Å². The summed E-state index contributed by atoms with van der Waals surface area (Å²) in [6.07, 6.45) is 3.13. The van der Waals surface area contributed by atoms with Gasteiger partial charge in [0.25, 0.3) is 0 Å². The van der Waals surface area contributed by atoms with Crippen LogP contribution in [0.15, 0.2) is 0 Å². The third-order valence-corrected chi connectivity index (χ3v) is 4.50. The fraction of sp³-hybridized carbons (Fsp3) is 0.917.